The van der Waals surface area contributed by atoms with Gasteiger partial charge < -0.3 is 29.3 Å². The molecule has 1 saturated heterocycles. The van der Waals surface area contributed by atoms with Crippen LogP contribution in [0.15, 0.2) is 28.7 Å². The van der Waals surface area contributed by atoms with Gasteiger partial charge in [-0.1, -0.05) is 0 Å². The van der Waals surface area contributed by atoms with Crippen molar-refractivity contribution in [2.45, 2.75) is 45.6 Å². The summed E-state index contributed by atoms with van der Waals surface area (Å²) in [5.41, 5.74) is 4.78. The zero-order chi connectivity index (χ0) is 30.8. The molecule has 4 rings (SSSR count). The van der Waals surface area contributed by atoms with E-state index >= 15 is 0 Å². The molecule has 3 heterocycles. The second-order valence-corrected chi connectivity index (χ2v) is 9.55. The van der Waals surface area contributed by atoms with Gasteiger partial charge >= 0.3 is 18.2 Å². The van der Waals surface area contributed by atoms with Gasteiger partial charge in [0, 0.05) is 24.0 Å². The maximum Gasteiger partial charge on any atom is 0.433 e. The van der Waals surface area contributed by atoms with Gasteiger partial charge in [0.1, 0.15) is 17.0 Å². The number of fused-ring (bicyclic) bond motifs is 1. The summed E-state index contributed by atoms with van der Waals surface area (Å²) in [6, 6.07) is 3.85. The van der Waals surface area contributed by atoms with E-state index in [1.54, 1.807) is 20.8 Å². The number of pyridine rings is 1. The van der Waals surface area contributed by atoms with Gasteiger partial charge in [-0.2, -0.15) is 13.2 Å². The van der Waals surface area contributed by atoms with E-state index < -0.39 is 42.0 Å². The number of methoxy groups -OCH3 is 1. The van der Waals surface area contributed by atoms with Gasteiger partial charge in [-0.05, 0) is 45.0 Å². The molecule has 1 fully saturated rings. The average molecular weight is 594 g/mol. The summed E-state index contributed by atoms with van der Waals surface area (Å²) >= 11 is 0. The van der Waals surface area contributed by atoms with Crippen molar-refractivity contribution in [3.63, 3.8) is 0 Å². The molecular weight excluding hydrogens is 563 g/mol. The lowest BCUT2D eigenvalue weighted by Gasteiger charge is -2.39. The first-order chi connectivity index (χ1) is 19.9. The molecule has 1 aliphatic heterocycles. The smallest absolute Gasteiger partial charge is 0.433 e. The SMILES string of the molecule is CCOC(=O)C1CN(C(=O)c2nc(-c3ccc(OC)c4nc(C(F)(F)F)ccc34)oc2CN)CCN1C(=O)OC(C)C. The number of esters is 1. The molecule has 1 unspecified atom stereocenters. The first-order valence-corrected chi connectivity index (χ1v) is 13.1. The van der Waals surface area contributed by atoms with Crippen molar-refractivity contribution in [3.05, 3.63) is 41.4 Å². The highest BCUT2D eigenvalue weighted by Crippen LogP contribution is 2.37. The summed E-state index contributed by atoms with van der Waals surface area (Å²) in [5, 5.41) is 0.242. The monoisotopic (exact) mass is 593 g/mol. The quantitative estimate of drug-likeness (QED) is 0.403. The van der Waals surface area contributed by atoms with Crippen LogP contribution in [-0.2, 0) is 27.0 Å². The molecule has 12 nitrogen and oxygen atoms in total. The van der Waals surface area contributed by atoms with Crippen molar-refractivity contribution in [1.82, 2.24) is 19.8 Å². The number of amides is 2. The van der Waals surface area contributed by atoms with Crippen LogP contribution in [0.5, 0.6) is 5.75 Å². The van der Waals surface area contributed by atoms with Crippen molar-refractivity contribution in [1.29, 1.82) is 0 Å². The van der Waals surface area contributed by atoms with Gasteiger partial charge in [0.25, 0.3) is 5.91 Å². The van der Waals surface area contributed by atoms with Crippen LogP contribution < -0.4 is 10.5 Å². The summed E-state index contributed by atoms with van der Waals surface area (Å²) in [6.45, 7) is 4.63. The van der Waals surface area contributed by atoms with Crippen LogP contribution in [0, 0.1) is 0 Å². The number of nitrogens with two attached hydrogens (primary N) is 1. The first-order valence-electron chi connectivity index (χ1n) is 13.1. The fraction of sp³-hybridized carbons (Fsp3) is 0.444. The van der Waals surface area contributed by atoms with Crippen molar-refractivity contribution < 1.29 is 46.2 Å². The second kappa shape index (κ2) is 12.2. The molecule has 0 radical (unpaired) electrons. The molecule has 2 amide bonds. The van der Waals surface area contributed by atoms with Crippen LogP contribution in [0.4, 0.5) is 18.0 Å². The Morgan fingerprint density at radius 2 is 1.88 bits per heavy atom. The average Bonchev–Trinajstić information content (AvgIpc) is 3.39. The predicted molar refractivity (Wildman–Crippen MR) is 141 cm³/mol. The number of piperazine rings is 1. The summed E-state index contributed by atoms with van der Waals surface area (Å²) in [6.07, 6.45) is -5.82. The molecule has 2 aromatic heterocycles. The number of carbonyl (C=O) groups excluding carboxylic acids is 3. The molecule has 0 bridgehead atoms. The van der Waals surface area contributed by atoms with Gasteiger partial charge in [-0.25, -0.2) is 19.6 Å². The Hall–Kier alpha value is -4.40. The number of carbonyl (C=O) groups is 3. The Labute approximate surface area is 238 Å². The maximum atomic E-state index is 13.6. The zero-order valence-electron chi connectivity index (χ0n) is 23.4. The van der Waals surface area contributed by atoms with Crippen LogP contribution in [0.25, 0.3) is 22.4 Å². The fourth-order valence-corrected chi connectivity index (χ4v) is 4.52. The summed E-state index contributed by atoms with van der Waals surface area (Å²) in [7, 11) is 1.30. The molecule has 2 N–H and O–H groups in total. The molecule has 226 valence electrons. The highest BCUT2D eigenvalue weighted by Gasteiger charge is 2.40. The van der Waals surface area contributed by atoms with Gasteiger partial charge in [-0.3, -0.25) is 9.69 Å². The summed E-state index contributed by atoms with van der Waals surface area (Å²) < 4.78 is 61.4. The molecule has 0 aliphatic carbocycles. The number of halogens is 3. The Morgan fingerprint density at radius 3 is 2.50 bits per heavy atom. The molecular formula is C27H30F3N5O7. The van der Waals surface area contributed by atoms with E-state index in [0.717, 1.165) is 6.07 Å². The van der Waals surface area contributed by atoms with Crippen LogP contribution >= 0.6 is 0 Å². The van der Waals surface area contributed by atoms with E-state index in [1.165, 1.54) is 35.1 Å². The number of aromatic nitrogens is 2. The van der Waals surface area contributed by atoms with Gasteiger partial charge in [0.05, 0.1) is 32.9 Å². The fourth-order valence-electron chi connectivity index (χ4n) is 4.52. The number of ether oxygens (including phenoxy) is 3. The molecule has 3 aromatic rings. The van der Waals surface area contributed by atoms with Crippen molar-refractivity contribution in [2.24, 2.45) is 5.73 Å². The molecule has 0 spiro atoms. The molecule has 42 heavy (non-hydrogen) atoms. The van der Waals surface area contributed by atoms with Gasteiger partial charge in [0.15, 0.2) is 17.5 Å². The highest BCUT2D eigenvalue weighted by atomic mass is 19.4. The number of hydrogen-bond donors (Lipinski definition) is 1. The number of nitrogens with zero attached hydrogens (tertiary/aromatic N) is 4. The van der Waals surface area contributed by atoms with Crippen LogP contribution in [0.3, 0.4) is 0 Å². The Morgan fingerprint density at radius 1 is 1.14 bits per heavy atom. The number of alkyl halides is 3. The highest BCUT2D eigenvalue weighted by molar-refractivity contribution is 5.98. The molecule has 15 heteroatoms. The zero-order valence-corrected chi connectivity index (χ0v) is 23.4. The largest absolute Gasteiger partial charge is 0.494 e. The number of rotatable bonds is 7. The lowest BCUT2D eigenvalue weighted by atomic mass is 10.1. The van der Waals surface area contributed by atoms with E-state index in [0.29, 0.717) is 0 Å². The van der Waals surface area contributed by atoms with Gasteiger partial charge in [-0.15, -0.1) is 0 Å². The third kappa shape index (κ3) is 6.10. The van der Waals surface area contributed by atoms with Crippen molar-refractivity contribution >= 4 is 28.9 Å². The Bertz CT molecular complexity index is 1490. The summed E-state index contributed by atoms with van der Waals surface area (Å²) in [5.74, 6) is -1.28. The lowest BCUT2D eigenvalue weighted by molar-refractivity contribution is -0.151. The molecule has 0 saturated carbocycles. The first kappa shape index (κ1) is 30.6. The Balaban J connectivity index is 1.69. The van der Waals surface area contributed by atoms with Crippen LogP contribution in [-0.4, -0.2) is 83.2 Å². The minimum absolute atomic E-state index is 0.0141. The number of oxazole rings is 1. The standard InChI is InChI=1S/C27H30F3N5O7/c1-5-40-25(37)17-13-34(10-11-35(17)26(38)41-14(2)3)24(36)22-19(12-31)42-23(33-22)16-6-8-18(39-4)21-15(16)7-9-20(32-21)27(28,29)30/h6-9,14,17H,5,10-13,31H2,1-4H3. The second-order valence-electron chi connectivity index (χ2n) is 9.55. The number of hydrogen-bond acceptors (Lipinski definition) is 10. The third-order valence-electron chi connectivity index (χ3n) is 6.44. The maximum absolute atomic E-state index is 13.6. The minimum atomic E-state index is -4.68. The number of benzene rings is 1. The van der Waals surface area contributed by atoms with Crippen LogP contribution in [0.2, 0.25) is 0 Å². The molecule has 1 aromatic carbocycles. The van der Waals surface area contributed by atoms with E-state index in [9.17, 15) is 27.6 Å². The molecule has 1 aliphatic rings. The van der Waals surface area contributed by atoms with E-state index in [4.69, 9.17) is 24.4 Å². The predicted octanol–water partition coefficient (Wildman–Crippen LogP) is 3.61. The van der Waals surface area contributed by atoms with Gasteiger partial charge in [0.2, 0.25) is 5.89 Å². The normalized spacial score (nSPS) is 15.7. The Kier molecular flexibility index (Phi) is 8.89. The molecule has 1 atom stereocenters. The van der Waals surface area contributed by atoms with E-state index in [2.05, 4.69) is 9.97 Å². The summed E-state index contributed by atoms with van der Waals surface area (Å²) in [4.78, 5) is 49.6. The van der Waals surface area contributed by atoms with Crippen molar-refractivity contribution in [2.75, 3.05) is 33.4 Å². The van der Waals surface area contributed by atoms with E-state index in [-0.39, 0.29) is 72.3 Å². The third-order valence-corrected chi connectivity index (χ3v) is 6.44. The van der Waals surface area contributed by atoms with E-state index in [1.807, 2.05) is 0 Å². The topological polar surface area (TPSA) is 150 Å². The minimum Gasteiger partial charge on any atom is -0.494 e. The van der Waals surface area contributed by atoms with Crippen LogP contribution in [0.1, 0.15) is 42.7 Å². The van der Waals surface area contributed by atoms with Crippen molar-refractivity contribution in [3.8, 4) is 17.2 Å². The lowest BCUT2D eigenvalue weighted by Crippen LogP contribution is -2.60.